The summed E-state index contributed by atoms with van der Waals surface area (Å²) < 4.78 is 16.2. The molecule has 48 heavy (non-hydrogen) atoms. The van der Waals surface area contributed by atoms with E-state index in [1.165, 1.54) is 18.1 Å². The fourth-order valence-corrected chi connectivity index (χ4v) is 5.44. The number of halogens is 1. The van der Waals surface area contributed by atoms with Crippen LogP contribution in [0.25, 0.3) is 11.0 Å². The Bertz CT molecular complexity index is 1860. The number of amides is 2. The minimum atomic E-state index is -0.573. The Labute approximate surface area is 290 Å². The highest BCUT2D eigenvalue weighted by atomic mass is 79.9. The SMILES string of the molecule is COCCOCCOC(=O)Nc1ccc(Sc2ccc(C(=O)Nc3ccc(Br)cn3)cc2Nc2ncnc3nc(C(C)C)ccc23)cc1. The molecular formula is C34H34BrN7O5S. The van der Waals surface area contributed by atoms with Gasteiger partial charge >= 0.3 is 6.09 Å². The first-order valence-electron chi connectivity index (χ1n) is 15.0. The van der Waals surface area contributed by atoms with Crippen LogP contribution in [0.15, 0.2) is 93.5 Å². The van der Waals surface area contributed by atoms with Crippen molar-refractivity contribution in [2.75, 3.05) is 49.5 Å². The maximum Gasteiger partial charge on any atom is 0.411 e. The molecule has 248 valence electrons. The van der Waals surface area contributed by atoms with Crippen molar-refractivity contribution in [1.29, 1.82) is 0 Å². The van der Waals surface area contributed by atoms with Gasteiger partial charge in [-0.25, -0.2) is 24.7 Å². The lowest BCUT2D eigenvalue weighted by molar-refractivity contribution is 0.0447. The van der Waals surface area contributed by atoms with E-state index in [4.69, 9.17) is 19.2 Å². The molecule has 2 aromatic carbocycles. The van der Waals surface area contributed by atoms with Crippen molar-refractivity contribution in [3.8, 4) is 0 Å². The van der Waals surface area contributed by atoms with Crippen LogP contribution in [0.5, 0.6) is 0 Å². The highest BCUT2D eigenvalue weighted by Crippen LogP contribution is 2.37. The third-order valence-electron chi connectivity index (χ3n) is 6.80. The fourth-order valence-electron chi connectivity index (χ4n) is 4.33. The average molecular weight is 733 g/mol. The summed E-state index contributed by atoms with van der Waals surface area (Å²) >= 11 is 4.84. The normalized spacial score (nSPS) is 11.0. The van der Waals surface area contributed by atoms with Gasteiger partial charge in [-0.1, -0.05) is 25.6 Å². The van der Waals surface area contributed by atoms with E-state index < -0.39 is 6.09 Å². The highest BCUT2D eigenvalue weighted by Gasteiger charge is 2.15. The molecule has 5 aromatic rings. The van der Waals surface area contributed by atoms with Crippen LogP contribution in [-0.2, 0) is 14.2 Å². The van der Waals surface area contributed by atoms with E-state index in [-0.39, 0.29) is 25.0 Å². The zero-order valence-corrected chi connectivity index (χ0v) is 28.9. The van der Waals surface area contributed by atoms with Gasteiger partial charge in [-0.05, 0) is 88.6 Å². The Hall–Kier alpha value is -4.63. The van der Waals surface area contributed by atoms with Crippen molar-refractivity contribution in [2.45, 2.75) is 29.6 Å². The third kappa shape index (κ3) is 9.70. The molecule has 0 spiro atoms. The molecule has 0 aliphatic carbocycles. The van der Waals surface area contributed by atoms with Crippen LogP contribution in [0.1, 0.15) is 35.8 Å². The average Bonchev–Trinajstić information content (AvgIpc) is 3.08. The van der Waals surface area contributed by atoms with Crippen LogP contribution in [0, 0.1) is 0 Å². The number of carbonyl (C=O) groups excluding carboxylic acids is 2. The molecule has 14 heteroatoms. The molecule has 3 N–H and O–H groups in total. The summed E-state index contributed by atoms with van der Waals surface area (Å²) in [6, 6.07) is 20.2. The Kier molecular flexibility index (Phi) is 12.3. The van der Waals surface area contributed by atoms with E-state index in [1.807, 2.05) is 30.3 Å². The lowest BCUT2D eigenvalue weighted by atomic mass is 10.1. The molecule has 0 atom stereocenters. The number of ether oxygens (including phenoxy) is 3. The number of methoxy groups -OCH3 is 1. The Balaban J connectivity index is 1.35. The number of fused-ring (bicyclic) bond motifs is 1. The van der Waals surface area contributed by atoms with Gasteiger partial charge in [0.1, 0.15) is 24.6 Å². The number of hydrogen-bond acceptors (Lipinski definition) is 11. The first-order chi connectivity index (χ1) is 23.3. The number of benzene rings is 2. The van der Waals surface area contributed by atoms with Crippen LogP contribution < -0.4 is 16.0 Å². The predicted molar refractivity (Wildman–Crippen MR) is 189 cm³/mol. The molecule has 3 heterocycles. The van der Waals surface area contributed by atoms with Crippen LogP contribution in [0.3, 0.4) is 0 Å². The smallest absolute Gasteiger partial charge is 0.411 e. The molecule has 0 saturated carbocycles. The number of rotatable bonds is 14. The monoisotopic (exact) mass is 731 g/mol. The molecule has 3 aromatic heterocycles. The summed E-state index contributed by atoms with van der Waals surface area (Å²) in [6.07, 6.45) is 2.51. The Morgan fingerprint density at radius 3 is 2.46 bits per heavy atom. The zero-order chi connectivity index (χ0) is 33.9. The number of hydrogen-bond donors (Lipinski definition) is 3. The van der Waals surface area contributed by atoms with Gasteiger partial charge in [-0.2, -0.15) is 0 Å². The topological polar surface area (TPSA) is 149 Å². The van der Waals surface area contributed by atoms with E-state index in [0.29, 0.717) is 47.4 Å². The Morgan fingerprint density at radius 1 is 0.896 bits per heavy atom. The molecule has 5 rings (SSSR count). The predicted octanol–water partition coefficient (Wildman–Crippen LogP) is 7.66. The Morgan fingerprint density at radius 2 is 1.71 bits per heavy atom. The van der Waals surface area contributed by atoms with E-state index >= 15 is 0 Å². The van der Waals surface area contributed by atoms with Crippen molar-refractivity contribution in [3.63, 3.8) is 0 Å². The summed E-state index contributed by atoms with van der Waals surface area (Å²) in [5.74, 6) is 0.915. The number of carbonyl (C=O) groups is 2. The molecular weight excluding hydrogens is 698 g/mol. The van der Waals surface area contributed by atoms with E-state index in [0.717, 1.165) is 25.3 Å². The van der Waals surface area contributed by atoms with Crippen molar-refractivity contribution in [2.24, 2.45) is 0 Å². The molecule has 0 unspecified atom stereocenters. The summed E-state index contributed by atoms with van der Waals surface area (Å²) in [7, 11) is 1.59. The van der Waals surface area contributed by atoms with Gasteiger partial charge < -0.3 is 24.8 Å². The third-order valence-corrected chi connectivity index (χ3v) is 8.35. The van der Waals surface area contributed by atoms with E-state index in [9.17, 15) is 9.59 Å². The van der Waals surface area contributed by atoms with Crippen molar-refractivity contribution in [3.05, 3.63) is 95.0 Å². The van der Waals surface area contributed by atoms with Crippen LogP contribution >= 0.6 is 27.7 Å². The van der Waals surface area contributed by atoms with Gasteiger partial charge in [0.05, 0.1) is 30.9 Å². The standard InChI is InChI=1S/C34H34BrN7O5S/c1-21(2)27-11-10-26-31(40-27)37-20-38-32(26)41-28-18-22(33(43)42-30-13-5-23(35)19-36-30)4-12-29(28)48-25-8-6-24(7-9-25)39-34(44)47-17-16-46-15-14-45-3/h4-13,18-21H,14-17H2,1-3H3,(H,39,44)(H,36,42,43)(H,37,38,40,41). The summed E-state index contributed by atoms with van der Waals surface area (Å²) in [4.78, 5) is 45.0. The summed E-state index contributed by atoms with van der Waals surface area (Å²) in [5, 5.41) is 9.72. The van der Waals surface area contributed by atoms with Gasteiger partial charge in [-0.3, -0.25) is 10.1 Å². The van der Waals surface area contributed by atoms with Gasteiger partial charge in [0.25, 0.3) is 5.91 Å². The largest absolute Gasteiger partial charge is 0.447 e. The van der Waals surface area contributed by atoms with Crippen LogP contribution in [0.4, 0.5) is 27.8 Å². The maximum atomic E-state index is 13.2. The first-order valence-corrected chi connectivity index (χ1v) is 16.6. The van der Waals surface area contributed by atoms with Crippen LogP contribution in [-0.4, -0.2) is 65.5 Å². The quantitative estimate of drug-likeness (QED) is 0.0966. The fraction of sp³-hybridized carbons (Fsp3) is 0.235. The van der Waals surface area contributed by atoms with Crippen molar-refractivity contribution < 1.29 is 23.8 Å². The van der Waals surface area contributed by atoms with Gasteiger partial charge in [-0.15, -0.1) is 0 Å². The van der Waals surface area contributed by atoms with Crippen molar-refractivity contribution >= 4 is 73.7 Å². The maximum absolute atomic E-state index is 13.2. The molecule has 12 nitrogen and oxygen atoms in total. The van der Waals surface area contributed by atoms with E-state index in [1.54, 1.807) is 49.7 Å². The molecule has 0 aliphatic rings. The minimum absolute atomic E-state index is 0.128. The lowest BCUT2D eigenvalue weighted by Gasteiger charge is -2.15. The second-order valence-electron chi connectivity index (χ2n) is 10.6. The summed E-state index contributed by atoms with van der Waals surface area (Å²) in [6.45, 7) is 5.48. The zero-order valence-electron chi connectivity index (χ0n) is 26.5. The molecule has 0 bridgehead atoms. The number of pyridine rings is 2. The number of nitrogens with zero attached hydrogens (tertiary/aromatic N) is 4. The molecule has 0 fully saturated rings. The van der Waals surface area contributed by atoms with Gasteiger partial charge in [0.2, 0.25) is 0 Å². The number of anilines is 4. The number of aromatic nitrogens is 4. The van der Waals surface area contributed by atoms with E-state index in [2.05, 4.69) is 60.7 Å². The second kappa shape index (κ2) is 17.0. The molecule has 0 radical (unpaired) electrons. The molecule has 2 amide bonds. The van der Waals surface area contributed by atoms with Gasteiger partial charge in [0, 0.05) is 44.5 Å². The first kappa shape index (κ1) is 34.7. The van der Waals surface area contributed by atoms with Gasteiger partial charge in [0.15, 0.2) is 5.65 Å². The van der Waals surface area contributed by atoms with Crippen molar-refractivity contribution in [1.82, 2.24) is 19.9 Å². The lowest BCUT2D eigenvalue weighted by Crippen LogP contribution is -2.17. The second-order valence-corrected chi connectivity index (χ2v) is 12.7. The molecule has 0 aliphatic heterocycles. The molecule has 0 saturated heterocycles. The number of nitrogens with one attached hydrogen (secondary N) is 3. The highest BCUT2D eigenvalue weighted by molar-refractivity contribution is 9.10. The summed E-state index contributed by atoms with van der Waals surface area (Å²) in [5.41, 5.74) is 3.16. The van der Waals surface area contributed by atoms with Crippen LogP contribution in [0.2, 0.25) is 0 Å². The minimum Gasteiger partial charge on any atom is -0.447 e.